The predicted molar refractivity (Wildman–Crippen MR) is 88.5 cm³/mol. The third-order valence-corrected chi connectivity index (χ3v) is 5.55. The number of hydrogen-bond donors (Lipinski definition) is 0. The number of benzene rings is 1. The van der Waals surface area contributed by atoms with Crippen LogP contribution in [-0.2, 0) is 9.53 Å². The van der Waals surface area contributed by atoms with Crippen LogP contribution in [0.4, 0.5) is 0 Å². The number of hydrogen-bond acceptors (Lipinski definition) is 2. The van der Waals surface area contributed by atoms with Crippen LogP contribution in [0.3, 0.4) is 0 Å². The van der Waals surface area contributed by atoms with Gasteiger partial charge >= 0.3 is 5.97 Å². The molecule has 2 aliphatic rings. The van der Waals surface area contributed by atoms with Crippen molar-refractivity contribution in [2.45, 2.75) is 58.5 Å². The van der Waals surface area contributed by atoms with E-state index in [0.29, 0.717) is 23.7 Å². The fraction of sp³-hybridized carbons (Fsp3) is 0.650. The molecular formula is C20H28O2. The summed E-state index contributed by atoms with van der Waals surface area (Å²) < 4.78 is 5.97. The summed E-state index contributed by atoms with van der Waals surface area (Å²) in [5.74, 6) is 2.32. The summed E-state index contributed by atoms with van der Waals surface area (Å²) in [5, 5.41) is 0. The molecule has 0 heterocycles. The molecule has 2 nitrogen and oxygen atoms in total. The normalized spacial score (nSPS) is 34.5. The van der Waals surface area contributed by atoms with Crippen LogP contribution >= 0.6 is 0 Å². The van der Waals surface area contributed by atoms with Gasteiger partial charge in [0, 0.05) is 0 Å². The molecule has 2 fully saturated rings. The van der Waals surface area contributed by atoms with E-state index in [2.05, 4.69) is 32.9 Å². The molecule has 0 aromatic heterocycles. The maximum atomic E-state index is 12.5. The summed E-state index contributed by atoms with van der Waals surface area (Å²) in [6.07, 6.45) is 4.60. The Morgan fingerprint density at radius 1 is 1.14 bits per heavy atom. The van der Waals surface area contributed by atoms with E-state index in [1.54, 1.807) is 0 Å². The van der Waals surface area contributed by atoms with Gasteiger partial charge in [0.25, 0.3) is 0 Å². The highest BCUT2D eigenvalue weighted by molar-refractivity contribution is 5.77. The molecule has 5 atom stereocenters. The quantitative estimate of drug-likeness (QED) is 0.747. The molecule has 22 heavy (non-hydrogen) atoms. The minimum atomic E-state index is 0.0404. The maximum absolute atomic E-state index is 12.5. The second-order valence-electron chi connectivity index (χ2n) is 7.66. The van der Waals surface area contributed by atoms with Gasteiger partial charge in [-0.05, 0) is 48.5 Å². The van der Waals surface area contributed by atoms with E-state index in [1.807, 2.05) is 18.2 Å². The minimum absolute atomic E-state index is 0.0404. The highest BCUT2D eigenvalue weighted by Gasteiger charge is 2.46. The van der Waals surface area contributed by atoms with Crippen LogP contribution in [0.2, 0.25) is 0 Å². The maximum Gasteiger partial charge on any atom is 0.309 e. The monoisotopic (exact) mass is 300 g/mol. The average molecular weight is 300 g/mol. The molecule has 0 aliphatic heterocycles. The largest absolute Gasteiger partial charge is 0.462 e. The molecule has 2 aliphatic carbocycles. The van der Waals surface area contributed by atoms with Gasteiger partial charge < -0.3 is 4.74 Å². The van der Waals surface area contributed by atoms with E-state index in [4.69, 9.17) is 4.74 Å². The van der Waals surface area contributed by atoms with Crippen molar-refractivity contribution in [1.82, 2.24) is 0 Å². The first kappa shape index (κ1) is 15.6. The Morgan fingerprint density at radius 2 is 1.86 bits per heavy atom. The van der Waals surface area contributed by atoms with Crippen LogP contribution in [0.1, 0.15) is 57.9 Å². The van der Waals surface area contributed by atoms with E-state index in [0.717, 1.165) is 12.8 Å². The lowest BCUT2D eigenvalue weighted by atomic mass is 9.75. The molecule has 2 saturated carbocycles. The topological polar surface area (TPSA) is 26.3 Å². The van der Waals surface area contributed by atoms with E-state index < -0.39 is 0 Å². The number of ether oxygens (including phenoxy) is 1. The van der Waals surface area contributed by atoms with Crippen LogP contribution in [0.5, 0.6) is 0 Å². The summed E-state index contributed by atoms with van der Waals surface area (Å²) in [5.41, 5.74) is 1.28. The summed E-state index contributed by atoms with van der Waals surface area (Å²) in [6, 6.07) is 10.4. The molecule has 3 unspecified atom stereocenters. The minimum Gasteiger partial charge on any atom is -0.462 e. The van der Waals surface area contributed by atoms with Gasteiger partial charge in [0.05, 0.1) is 5.92 Å². The molecule has 0 radical (unpaired) electrons. The molecule has 0 bridgehead atoms. The van der Waals surface area contributed by atoms with Crippen molar-refractivity contribution in [3.05, 3.63) is 35.9 Å². The Hall–Kier alpha value is -1.31. The average Bonchev–Trinajstić information content (AvgIpc) is 3.28. The third-order valence-electron chi connectivity index (χ3n) is 5.55. The molecule has 0 saturated heterocycles. The smallest absolute Gasteiger partial charge is 0.309 e. The second-order valence-corrected chi connectivity index (χ2v) is 7.66. The predicted octanol–water partition coefficient (Wildman–Crippen LogP) is 4.79. The standard InChI is InChI=1S/C20H28O2/c1-13(2)16-10-9-14(3)11-19(16)22-20(21)18-12-17(18)15-7-5-4-6-8-15/h4-8,13-14,16-19H,9-12H2,1-3H3/t14?,16?,17-,18+,19?/m0/s1. The van der Waals surface area contributed by atoms with Gasteiger partial charge in [-0.3, -0.25) is 4.79 Å². The lowest BCUT2D eigenvalue weighted by molar-refractivity contribution is -0.157. The molecule has 0 N–H and O–H groups in total. The van der Waals surface area contributed by atoms with Crippen LogP contribution < -0.4 is 0 Å². The molecule has 3 rings (SSSR count). The van der Waals surface area contributed by atoms with Crippen molar-refractivity contribution in [2.75, 3.05) is 0 Å². The zero-order valence-electron chi connectivity index (χ0n) is 14.0. The first-order chi connectivity index (χ1) is 10.6. The highest BCUT2D eigenvalue weighted by atomic mass is 16.5. The third kappa shape index (κ3) is 3.37. The van der Waals surface area contributed by atoms with Gasteiger partial charge in [0.1, 0.15) is 6.10 Å². The van der Waals surface area contributed by atoms with E-state index in [-0.39, 0.29) is 18.0 Å². The Balaban J connectivity index is 1.59. The molecule has 0 amide bonds. The van der Waals surface area contributed by atoms with Crippen molar-refractivity contribution < 1.29 is 9.53 Å². The fourth-order valence-electron chi connectivity index (χ4n) is 4.01. The fourth-order valence-corrected chi connectivity index (χ4v) is 4.01. The number of carbonyl (C=O) groups excluding carboxylic acids is 1. The lowest BCUT2D eigenvalue weighted by Crippen LogP contribution is -2.36. The Bertz CT molecular complexity index is 508. The molecular weight excluding hydrogens is 272 g/mol. The first-order valence-corrected chi connectivity index (χ1v) is 8.81. The zero-order valence-corrected chi connectivity index (χ0v) is 14.0. The van der Waals surface area contributed by atoms with Gasteiger partial charge in [-0.25, -0.2) is 0 Å². The van der Waals surface area contributed by atoms with Gasteiger partial charge in [-0.15, -0.1) is 0 Å². The Kier molecular flexibility index (Phi) is 4.56. The van der Waals surface area contributed by atoms with Crippen LogP contribution in [-0.4, -0.2) is 12.1 Å². The highest BCUT2D eigenvalue weighted by Crippen LogP contribution is 2.49. The molecule has 0 spiro atoms. The van der Waals surface area contributed by atoms with E-state index in [1.165, 1.54) is 18.4 Å². The van der Waals surface area contributed by atoms with Gasteiger partial charge in [-0.2, -0.15) is 0 Å². The van der Waals surface area contributed by atoms with Crippen molar-refractivity contribution in [3.63, 3.8) is 0 Å². The molecule has 1 aromatic carbocycles. The van der Waals surface area contributed by atoms with Crippen LogP contribution in [0.15, 0.2) is 30.3 Å². The van der Waals surface area contributed by atoms with Gasteiger partial charge in [0.15, 0.2) is 0 Å². The van der Waals surface area contributed by atoms with Gasteiger partial charge in [0.2, 0.25) is 0 Å². The Labute approximate surface area is 134 Å². The van der Waals surface area contributed by atoms with Crippen molar-refractivity contribution in [2.24, 2.45) is 23.7 Å². The number of esters is 1. The molecule has 2 heteroatoms. The summed E-state index contributed by atoms with van der Waals surface area (Å²) >= 11 is 0. The van der Waals surface area contributed by atoms with E-state index >= 15 is 0 Å². The van der Waals surface area contributed by atoms with Crippen molar-refractivity contribution in [3.8, 4) is 0 Å². The SMILES string of the molecule is CC1CCC(C(C)C)C(OC(=O)[C@@H]2C[C@H]2c2ccccc2)C1. The summed E-state index contributed by atoms with van der Waals surface area (Å²) in [6.45, 7) is 6.79. The first-order valence-electron chi connectivity index (χ1n) is 8.81. The number of carbonyl (C=O) groups is 1. The van der Waals surface area contributed by atoms with Crippen molar-refractivity contribution in [1.29, 1.82) is 0 Å². The van der Waals surface area contributed by atoms with Gasteiger partial charge in [-0.1, -0.05) is 57.5 Å². The van der Waals surface area contributed by atoms with Crippen LogP contribution in [0, 0.1) is 23.7 Å². The molecule has 1 aromatic rings. The number of rotatable bonds is 4. The summed E-state index contributed by atoms with van der Waals surface area (Å²) in [4.78, 5) is 12.5. The second kappa shape index (κ2) is 6.44. The lowest BCUT2D eigenvalue weighted by Gasteiger charge is -2.36. The summed E-state index contributed by atoms with van der Waals surface area (Å²) in [7, 11) is 0. The van der Waals surface area contributed by atoms with Crippen LogP contribution in [0.25, 0.3) is 0 Å². The van der Waals surface area contributed by atoms with Crippen molar-refractivity contribution >= 4 is 5.97 Å². The van der Waals surface area contributed by atoms with E-state index in [9.17, 15) is 4.79 Å². The zero-order chi connectivity index (χ0) is 15.7. The Morgan fingerprint density at radius 3 is 2.55 bits per heavy atom. The molecule has 120 valence electrons.